The van der Waals surface area contributed by atoms with Gasteiger partial charge in [-0.15, -0.1) is 0 Å². The van der Waals surface area contributed by atoms with Crippen molar-refractivity contribution in [3.63, 3.8) is 0 Å². The van der Waals surface area contributed by atoms with Crippen molar-refractivity contribution >= 4 is 17.3 Å². The van der Waals surface area contributed by atoms with Gasteiger partial charge in [-0.3, -0.25) is 14.9 Å². The molecular formula is C14H18FN3O3. The Morgan fingerprint density at radius 3 is 2.76 bits per heavy atom. The fourth-order valence-electron chi connectivity index (χ4n) is 2.67. The number of rotatable bonds is 4. The molecule has 6 nitrogen and oxygen atoms in total. The number of hydrogen-bond acceptors (Lipinski definition) is 4. The number of nitrogens with one attached hydrogen (secondary N) is 2. The zero-order valence-electron chi connectivity index (χ0n) is 12.0. The van der Waals surface area contributed by atoms with E-state index in [0.29, 0.717) is 13.0 Å². The second-order valence-electron chi connectivity index (χ2n) is 5.61. The Labute approximate surface area is 121 Å². The Morgan fingerprint density at radius 2 is 2.24 bits per heavy atom. The molecule has 1 aromatic rings. The number of carbonyl (C=O) groups is 1. The Kier molecular flexibility index (Phi) is 4.22. The van der Waals surface area contributed by atoms with E-state index in [4.69, 9.17) is 0 Å². The first kappa shape index (κ1) is 15.4. The molecule has 1 heterocycles. The largest absolute Gasteiger partial charge is 0.320 e. The minimum atomic E-state index is -0.708. The monoisotopic (exact) mass is 295 g/mol. The Morgan fingerprint density at radius 1 is 1.52 bits per heavy atom. The van der Waals surface area contributed by atoms with E-state index < -0.39 is 21.8 Å². The number of amides is 1. The molecule has 1 aliphatic rings. The topological polar surface area (TPSA) is 84.3 Å². The van der Waals surface area contributed by atoms with Crippen LogP contribution in [0.5, 0.6) is 0 Å². The molecule has 2 rings (SSSR count). The van der Waals surface area contributed by atoms with Gasteiger partial charge in [0.25, 0.3) is 5.69 Å². The second-order valence-corrected chi connectivity index (χ2v) is 5.61. The number of hydrogen-bond donors (Lipinski definition) is 2. The standard InChI is InChI=1S/C14H18FN3O3/c1-9(2)14(5-6-16-8-14)13(19)17-11-4-3-10(15)7-12(11)18(20)21/h3-4,7,9,16H,5-6,8H2,1-2H3,(H,17,19). The molecule has 1 atom stereocenters. The average molecular weight is 295 g/mol. The molecule has 1 fully saturated rings. The van der Waals surface area contributed by atoms with Gasteiger partial charge >= 0.3 is 0 Å². The molecule has 0 aliphatic carbocycles. The van der Waals surface area contributed by atoms with E-state index in [0.717, 1.165) is 18.7 Å². The molecule has 0 saturated carbocycles. The normalized spacial score (nSPS) is 21.5. The van der Waals surface area contributed by atoms with Gasteiger partial charge in [-0.2, -0.15) is 0 Å². The van der Waals surface area contributed by atoms with Gasteiger partial charge in [-0.05, 0) is 31.0 Å². The van der Waals surface area contributed by atoms with Crippen LogP contribution in [0.4, 0.5) is 15.8 Å². The molecule has 1 saturated heterocycles. The molecule has 2 N–H and O–H groups in total. The van der Waals surface area contributed by atoms with Gasteiger partial charge < -0.3 is 10.6 Å². The van der Waals surface area contributed by atoms with Crippen LogP contribution in [0, 0.1) is 27.3 Å². The van der Waals surface area contributed by atoms with Crippen LogP contribution in [-0.4, -0.2) is 23.9 Å². The Hall–Kier alpha value is -2.02. The van der Waals surface area contributed by atoms with E-state index >= 15 is 0 Å². The number of halogens is 1. The molecule has 114 valence electrons. The zero-order chi connectivity index (χ0) is 15.6. The van der Waals surface area contributed by atoms with Crippen molar-refractivity contribution in [2.24, 2.45) is 11.3 Å². The van der Waals surface area contributed by atoms with Gasteiger partial charge in [-0.1, -0.05) is 13.8 Å². The first-order valence-corrected chi connectivity index (χ1v) is 6.83. The molecule has 1 aliphatic heterocycles. The van der Waals surface area contributed by atoms with Gasteiger partial charge in [0.15, 0.2) is 0 Å². The lowest BCUT2D eigenvalue weighted by Gasteiger charge is -2.30. The summed E-state index contributed by atoms with van der Waals surface area (Å²) in [7, 11) is 0. The minimum Gasteiger partial charge on any atom is -0.320 e. The first-order chi connectivity index (χ1) is 9.86. The summed E-state index contributed by atoms with van der Waals surface area (Å²) in [5.41, 5.74) is -1.01. The molecule has 0 radical (unpaired) electrons. The average Bonchev–Trinajstić information content (AvgIpc) is 2.91. The zero-order valence-corrected chi connectivity index (χ0v) is 12.0. The number of benzene rings is 1. The molecule has 1 aromatic carbocycles. The molecule has 21 heavy (non-hydrogen) atoms. The van der Waals surface area contributed by atoms with E-state index in [2.05, 4.69) is 10.6 Å². The minimum absolute atomic E-state index is 0.0262. The van der Waals surface area contributed by atoms with E-state index in [1.54, 1.807) is 0 Å². The summed E-state index contributed by atoms with van der Waals surface area (Å²) >= 11 is 0. The Balaban J connectivity index is 2.29. The number of nitrogens with zero attached hydrogens (tertiary/aromatic N) is 1. The molecule has 0 aromatic heterocycles. The number of carbonyl (C=O) groups excluding carboxylic acids is 1. The highest BCUT2D eigenvalue weighted by molar-refractivity contribution is 5.97. The van der Waals surface area contributed by atoms with Crippen molar-refractivity contribution in [1.29, 1.82) is 0 Å². The van der Waals surface area contributed by atoms with Crippen molar-refractivity contribution in [3.8, 4) is 0 Å². The predicted octanol–water partition coefficient (Wildman–Crippen LogP) is 2.31. The highest BCUT2D eigenvalue weighted by Crippen LogP contribution is 2.36. The summed E-state index contributed by atoms with van der Waals surface area (Å²) in [6.07, 6.45) is 0.672. The maximum Gasteiger partial charge on any atom is 0.295 e. The van der Waals surface area contributed by atoms with Crippen molar-refractivity contribution < 1.29 is 14.1 Å². The van der Waals surface area contributed by atoms with Crippen LogP contribution in [0.2, 0.25) is 0 Å². The SMILES string of the molecule is CC(C)C1(C(=O)Nc2ccc(F)cc2[N+](=O)[O-])CCNC1. The summed E-state index contributed by atoms with van der Waals surface area (Å²) in [4.78, 5) is 22.8. The van der Waals surface area contributed by atoms with Gasteiger partial charge in [0.05, 0.1) is 16.4 Å². The lowest BCUT2D eigenvalue weighted by Crippen LogP contribution is -2.42. The summed E-state index contributed by atoms with van der Waals surface area (Å²) in [5, 5.41) is 16.7. The lowest BCUT2D eigenvalue weighted by molar-refractivity contribution is -0.384. The van der Waals surface area contributed by atoms with Gasteiger partial charge in [0.2, 0.25) is 5.91 Å². The van der Waals surface area contributed by atoms with Crippen LogP contribution >= 0.6 is 0 Å². The molecular weight excluding hydrogens is 277 g/mol. The maximum absolute atomic E-state index is 13.1. The van der Waals surface area contributed by atoms with E-state index in [1.807, 2.05) is 13.8 Å². The Bertz CT molecular complexity index is 569. The summed E-state index contributed by atoms with van der Waals surface area (Å²) in [6, 6.07) is 3.13. The second kappa shape index (κ2) is 5.77. The van der Waals surface area contributed by atoms with Gasteiger partial charge in [-0.25, -0.2) is 4.39 Å². The van der Waals surface area contributed by atoms with Crippen LogP contribution in [0.25, 0.3) is 0 Å². The molecule has 7 heteroatoms. The summed E-state index contributed by atoms with van der Waals surface area (Å²) < 4.78 is 13.1. The molecule has 1 amide bonds. The fraction of sp³-hybridized carbons (Fsp3) is 0.500. The maximum atomic E-state index is 13.1. The molecule has 0 bridgehead atoms. The number of anilines is 1. The first-order valence-electron chi connectivity index (χ1n) is 6.83. The summed E-state index contributed by atoms with van der Waals surface area (Å²) in [5.74, 6) is -0.884. The van der Waals surface area contributed by atoms with Gasteiger partial charge in [0, 0.05) is 6.54 Å². The van der Waals surface area contributed by atoms with Crippen LogP contribution in [0.3, 0.4) is 0 Å². The highest BCUT2D eigenvalue weighted by atomic mass is 19.1. The van der Waals surface area contributed by atoms with Crippen LogP contribution < -0.4 is 10.6 Å². The van der Waals surface area contributed by atoms with Crippen LogP contribution in [-0.2, 0) is 4.79 Å². The predicted molar refractivity (Wildman–Crippen MR) is 76.4 cm³/mol. The van der Waals surface area contributed by atoms with E-state index in [1.165, 1.54) is 6.07 Å². The van der Waals surface area contributed by atoms with Crippen molar-refractivity contribution in [2.75, 3.05) is 18.4 Å². The smallest absolute Gasteiger partial charge is 0.295 e. The van der Waals surface area contributed by atoms with Crippen LogP contribution in [0.15, 0.2) is 18.2 Å². The molecule has 0 spiro atoms. The van der Waals surface area contributed by atoms with Crippen molar-refractivity contribution in [1.82, 2.24) is 5.32 Å². The molecule has 1 unspecified atom stereocenters. The quantitative estimate of drug-likeness (QED) is 0.659. The van der Waals surface area contributed by atoms with Crippen LogP contribution in [0.1, 0.15) is 20.3 Å². The number of nitro benzene ring substituents is 1. The van der Waals surface area contributed by atoms with Gasteiger partial charge in [0.1, 0.15) is 11.5 Å². The fourth-order valence-corrected chi connectivity index (χ4v) is 2.67. The number of nitro groups is 1. The van der Waals surface area contributed by atoms with E-state index in [9.17, 15) is 19.3 Å². The lowest BCUT2D eigenvalue weighted by atomic mass is 9.75. The van der Waals surface area contributed by atoms with E-state index in [-0.39, 0.29) is 17.5 Å². The third-order valence-electron chi connectivity index (χ3n) is 4.15. The van der Waals surface area contributed by atoms with Crippen molar-refractivity contribution in [3.05, 3.63) is 34.1 Å². The third-order valence-corrected chi connectivity index (χ3v) is 4.15. The summed E-state index contributed by atoms with van der Waals surface area (Å²) in [6.45, 7) is 5.17. The highest BCUT2D eigenvalue weighted by Gasteiger charge is 2.44. The van der Waals surface area contributed by atoms with Crippen molar-refractivity contribution in [2.45, 2.75) is 20.3 Å². The third kappa shape index (κ3) is 2.87.